The van der Waals surface area contributed by atoms with Gasteiger partial charge in [0.25, 0.3) is 0 Å². The summed E-state index contributed by atoms with van der Waals surface area (Å²) in [6.07, 6.45) is 1.80. The molecule has 0 fully saturated rings. The second-order valence-electron chi connectivity index (χ2n) is 3.85. The van der Waals surface area contributed by atoms with Gasteiger partial charge >= 0.3 is 11.9 Å². The molecule has 0 radical (unpaired) electrons. The molecule has 0 aromatic carbocycles. The van der Waals surface area contributed by atoms with E-state index in [0.29, 0.717) is 11.3 Å². The van der Waals surface area contributed by atoms with Crippen LogP contribution in [-0.4, -0.2) is 32.4 Å². The highest BCUT2D eigenvalue weighted by atomic mass is 16.6. The van der Waals surface area contributed by atoms with E-state index in [1.807, 2.05) is 0 Å². The fraction of sp³-hybridized carbons (Fsp3) is 0.500. The molecule has 0 bridgehead atoms. The van der Waals surface area contributed by atoms with Crippen LogP contribution in [0.1, 0.15) is 29.4 Å². The summed E-state index contributed by atoms with van der Waals surface area (Å²) in [5, 5.41) is 13.1. The van der Waals surface area contributed by atoms with Gasteiger partial charge in [0.15, 0.2) is 0 Å². The van der Waals surface area contributed by atoms with E-state index in [4.69, 9.17) is 9.84 Å². The Bertz CT molecular complexity index is 465. The number of cyclic esters (lactones) is 1. The first kappa shape index (κ1) is 10.7. The van der Waals surface area contributed by atoms with Gasteiger partial charge < -0.3 is 9.84 Å². The molecule has 0 spiro atoms. The molecule has 1 N–H and O–H groups in total. The largest absolute Gasteiger partial charge is 0.478 e. The summed E-state index contributed by atoms with van der Waals surface area (Å²) < 4.78 is 6.55. The molecule has 1 aromatic heterocycles. The summed E-state index contributed by atoms with van der Waals surface area (Å²) in [5.41, 5.74) is -0.481. The summed E-state index contributed by atoms with van der Waals surface area (Å²) in [7, 11) is 1.68. The van der Waals surface area contributed by atoms with Crippen LogP contribution in [0.3, 0.4) is 0 Å². The predicted molar refractivity (Wildman–Crippen MR) is 53.0 cm³/mol. The van der Waals surface area contributed by atoms with E-state index in [2.05, 4.69) is 5.10 Å². The summed E-state index contributed by atoms with van der Waals surface area (Å²) in [6, 6.07) is 0. The minimum absolute atomic E-state index is 0.163. The first-order chi connectivity index (χ1) is 7.50. The van der Waals surface area contributed by atoms with Crippen molar-refractivity contribution in [3.05, 3.63) is 17.5 Å². The van der Waals surface area contributed by atoms with Crippen molar-refractivity contribution in [2.75, 3.05) is 0 Å². The summed E-state index contributed by atoms with van der Waals surface area (Å²) in [4.78, 5) is 22.8. The third-order valence-electron chi connectivity index (χ3n) is 2.98. The molecule has 2 rings (SSSR count). The van der Waals surface area contributed by atoms with Gasteiger partial charge in [-0.3, -0.25) is 4.68 Å². The molecule has 86 valence electrons. The van der Waals surface area contributed by atoms with Crippen molar-refractivity contribution in [3.63, 3.8) is 0 Å². The molecule has 1 unspecified atom stereocenters. The second kappa shape index (κ2) is 3.33. The first-order valence-corrected chi connectivity index (χ1v) is 4.98. The van der Waals surface area contributed by atoms with Gasteiger partial charge in [-0.25, -0.2) is 9.59 Å². The molecule has 1 aromatic rings. The number of fused-ring (bicyclic) bond motifs is 1. The van der Waals surface area contributed by atoms with E-state index in [1.165, 1.54) is 10.9 Å². The Morgan fingerprint density at radius 2 is 2.44 bits per heavy atom. The van der Waals surface area contributed by atoms with Crippen molar-refractivity contribution >= 4 is 11.9 Å². The highest BCUT2D eigenvalue weighted by molar-refractivity contribution is 5.95. The quantitative estimate of drug-likeness (QED) is 0.734. The molecule has 0 saturated carbocycles. The van der Waals surface area contributed by atoms with Crippen LogP contribution in [0.25, 0.3) is 0 Å². The van der Waals surface area contributed by atoms with Gasteiger partial charge in [0.05, 0.1) is 11.9 Å². The summed E-state index contributed by atoms with van der Waals surface area (Å²) in [6.45, 7) is 1.68. The number of hydrogen-bond donors (Lipinski definition) is 1. The number of aromatic nitrogens is 2. The number of aryl methyl sites for hydroxylation is 1. The van der Waals surface area contributed by atoms with Crippen LogP contribution >= 0.6 is 0 Å². The number of carboxylic acid groups (broad SMARTS) is 1. The van der Waals surface area contributed by atoms with Crippen LogP contribution in [0, 0.1) is 0 Å². The molecular weight excluding hydrogens is 212 g/mol. The van der Waals surface area contributed by atoms with Gasteiger partial charge in [-0.15, -0.1) is 0 Å². The van der Waals surface area contributed by atoms with E-state index < -0.39 is 17.5 Å². The van der Waals surface area contributed by atoms with Crippen molar-refractivity contribution < 1.29 is 19.4 Å². The van der Waals surface area contributed by atoms with Crippen LogP contribution in [0.4, 0.5) is 0 Å². The maximum Gasteiger partial charge on any atom is 0.348 e. The fourth-order valence-corrected chi connectivity index (χ4v) is 1.85. The Kier molecular flexibility index (Phi) is 2.22. The number of esters is 1. The number of aliphatic carboxylic acids is 1. The molecule has 1 atom stereocenters. The Morgan fingerprint density at radius 1 is 1.75 bits per heavy atom. The van der Waals surface area contributed by atoms with Crippen LogP contribution < -0.4 is 0 Å². The summed E-state index contributed by atoms with van der Waals surface area (Å²) >= 11 is 0. The minimum atomic E-state index is -1.45. The highest BCUT2D eigenvalue weighted by Crippen LogP contribution is 2.30. The number of carbonyl (C=O) groups is 2. The molecule has 2 heterocycles. The Morgan fingerprint density at radius 3 is 3.00 bits per heavy atom. The highest BCUT2D eigenvalue weighted by Gasteiger charge is 2.47. The van der Waals surface area contributed by atoms with Gasteiger partial charge in [-0.1, -0.05) is 6.92 Å². The van der Waals surface area contributed by atoms with Crippen LogP contribution in [0.15, 0.2) is 6.20 Å². The van der Waals surface area contributed by atoms with Crippen molar-refractivity contribution in [3.8, 4) is 0 Å². The van der Waals surface area contributed by atoms with Gasteiger partial charge in [0.1, 0.15) is 5.56 Å². The molecule has 6 heteroatoms. The monoisotopic (exact) mass is 224 g/mol. The lowest BCUT2D eigenvalue weighted by atomic mass is 9.90. The Labute approximate surface area is 91.8 Å². The lowest BCUT2D eigenvalue weighted by molar-refractivity contribution is -0.160. The van der Waals surface area contributed by atoms with Crippen molar-refractivity contribution in [1.29, 1.82) is 0 Å². The SMILES string of the molecule is CCC1(C(=O)O)Cc2c(cnn2C)C(=O)O1. The van der Waals surface area contributed by atoms with E-state index in [0.717, 1.165) is 0 Å². The number of nitrogens with zero attached hydrogens (tertiary/aromatic N) is 2. The number of carbonyl (C=O) groups excluding carboxylic acids is 1. The van der Waals surface area contributed by atoms with Crippen LogP contribution in [0.2, 0.25) is 0 Å². The lowest BCUT2D eigenvalue weighted by Gasteiger charge is -2.31. The molecule has 16 heavy (non-hydrogen) atoms. The zero-order chi connectivity index (χ0) is 11.9. The van der Waals surface area contributed by atoms with Gasteiger partial charge in [-0.05, 0) is 6.42 Å². The third-order valence-corrected chi connectivity index (χ3v) is 2.98. The van der Waals surface area contributed by atoms with E-state index >= 15 is 0 Å². The summed E-state index contributed by atoms with van der Waals surface area (Å²) in [5.74, 6) is -1.73. The molecule has 0 amide bonds. The van der Waals surface area contributed by atoms with Gasteiger partial charge in [0, 0.05) is 13.5 Å². The predicted octanol–water partition coefficient (Wildman–Crippen LogP) is 0.366. The Balaban J connectivity index is 2.50. The maximum absolute atomic E-state index is 11.6. The average molecular weight is 224 g/mol. The number of rotatable bonds is 2. The number of hydrogen-bond acceptors (Lipinski definition) is 4. The number of ether oxygens (including phenoxy) is 1. The topological polar surface area (TPSA) is 81.4 Å². The molecule has 0 saturated heterocycles. The molecule has 1 aliphatic heterocycles. The van der Waals surface area contributed by atoms with Gasteiger partial charge in [0.2, 0.25) is 5.60 Å². The van der Waals surface area contributed by atoms with E-state index in [9.17, 15) is 9.59 Å². The zero-order valence-corrected chi connectivity index (χ0v) is 9.06. The van der Waals surface area contributed by atoms with Crippen molar-refractivity contribution in [2.45, 2.75) is 25.4 Å². The van der Waals surface area contributed by atoms with E-state index in [-0.39, 0.29) is 12.8 Å². The maximum atomic E-state index is 11.6. The Hall–Kier alpha value is -1.85. The van der Waals surface area contributed by atoms with E-state index in [1.54, 1.807) is 14.0 Å². The molecular formula is C10H12N2O4. The second-order valence-corrected chi connectivity index (χ2v) is 3.85. The smallest absolute Gasteiger partial charge is 0.348 e. The minimum Gasteiger partial charge on any atom is -0.478 e. The fourth-order valence-electron chi connectivity index (χ4n) is 1.85. The zero-order valence-electron chi connectivity index (χ0n) is 9.06. The third kappa shape index (κ3) is 1.30. The van der Waals surface area contributed by atoms with Crippen molar-refractivity contribution in [2.24, 2.45) is 7.05 Å². The van der Waals surface area contributed by atoms with Crippen LogP contribution in [0.5, 0.6) is 0 Å². The van der Waals surface area contributed by atoms with Gasteiger partial charge in [-0.2, -0.15) is 5.10 Å². The van der Waals surface area contributed by atoms with Crippen LogP contribution in [-0.2, 0) is 23.0 Å². The molecule has 0 aliphatic carbocycles. The number of carboxylic acids is 1. The van der Waals surface area contributed by atoms with Crippen molar-refractivity contribution in [1.82, 2.24) is 9.78 Å². The molecule has 6 nitrogen and oxygen atoms in total. The average Bonchev–Trinajstić information content (AvgIpc) is 2.60. The standard InChI is InChI=1S/C10H12N2O4/c1-3-10(9(14)15)4-7-6(8(13)16-10)5-11-12(7)2/h5H,3-4H2,1-2H3,(H,14,15). The first-order valence-electron chi connectivity index (χ1n) is 4.98. The molecule has 1 aliphatic rings. The lowest BCUT2D eigenvalue weighted by Crippen LogP contribution is -2.48. The normalized spacial score (nSPS) is 23.8.